The van der Waals surface area contributed by atoms with Gasteiger partial charge in [0.25, 0.3) is 0 Å². The zero-order valence-corrected chi connectivity index (χ0v) is 26.9. The van der Waals surface area contributed by atoms with Gasteiger partial charge in [0.2, 0.25) is 23.8 Å². The van der Waals surface area contributed by atoms with Gasteiger partial charge in [0, 0.05) is 17.7 Å². The van der Waals surface area contributed by atoms with Gasteiger partial charge < -0.3 is 89.0 Å². The van der Waals surface area contributed by atoms with Crippen LogP contribution in [0.2, 0.25) is 0 Å². The van der Waals surface area contributed by atoms with Crippen LogP contribution in [-0.2, 0) is 18.9 Å². The fraction of sp³-hybridized carbons (Fsp3) is 0.531. The maximum absolute atomic E-state index is 14.0. The Morgan fingerprint density at radius 2 is 1.33 bits per heavy atom. The van der Waals surface area contributed by atoms with Crippen LogP contribution in [0.5, 0.6) is 28.7 Å². The van der Waals surface area contributed by atoms with Crippen LogP contribution in [0.4, 0.5) is 0 Å². The zero-order valence-electron chi connectivity index (χ0n) is 26.9. The number of benzene rings is 2. The molecule has 0 aliphatic carbocycles. The molecule has 19 heteroatoms. The molecule has 6 rings (SSSR count). The number of aromatic hydroxyl groups is 3. The molecule has 19 nitrogen and oxygen atoms in total. The summed E-state index contributed by atoms with van der Waals surface area (Å²) in [5.74, 6) is -3.17. The number of ether oxygens (including phenoxy) is 6. The third kappa shape index (κ3) is 6.91. The summed E-state index contributed by atoms with van der Waals surface area (Å²) < 4.78 is 39.6. The van der Waals surface area contributed by atoms with Crippen molar-refractivity contribution >= 4 is 11.0 Å². The third-order valence-corrected chi connectivity index (χ3v) is 8.95. The molecule has 280 valence electrons. The molecule has 3 aliphatic rings. The topological polar surface area (TPSA) is 308 Å². The molecule has 14 unspecified atom stereocenters. The first-order valence-corrected chi connectivity index (χ1v) is 15.8. The largest absolute Gasteiger partial charge is 0.508 e. The van der Waals surface area contributed by atoms with Crippen molar-refractivity contribution in [1.82, 2.24) is 0 Å². The van der Waals surface area contributed by atoms with Gasteiger partial charge in [-0.2, -0.15) is 0 Å². The number of aliphatic hydroxyl groups is 8. The molecular formula is C32H38O19. The van der Waals surface area contributed by atoms with Crippen molar-refractivity contribution in [1.29, 1.82) is 0 Å². The normalized spacial score (nSPS) is 37.3. The molecule has 0 amide bonds. The summed E-state index contributed by atoms with van der Waals surface area (Å²) in [4.78, 5) is 14.0. The number of rotatable bonds is 7. The Kier molecular flexibility index (Phi) is 10.4. The fourth-order valence-corrected chi connectivity index (χ4v) is 5.97. The first-order chi connectivity index (χ1) is 24.1. The average Bonchev–Trinajstić information content (AvgIpc) is 3.08. The van der Waals surface area contributed by atoms with Gasteiger partial charge in [-0.05, 0) is 32.0 Å². The Morgan fingerprint density at radius 3 is 2.02 bits per heavy atom. The summed E-state index contributed by atoms with van der Waals surface area (Å²) in [5, 5.41) is 114. The molecule has 0 saturated carbocycles. The van der Waals surface area contributed by atoms with Crippen molar-refractivity contribution in [3.8, 4) is 40.1 Å². The van der Waals surface area contributed by atoms with E-state index in [1.807, 2.05) is 0 Å². The molecule has 0 spiro atoms. The van der Waals surface area contributed by atoms with Crippen molar-refractivity contribution in [2.45, 2.75) is 99.9 Å². The molecule has 3 fully saturated rings. The van der Waals surface area contributed by atoms with Crippen molar-refractivity contribution in [3.63, 3.8) is 0 Å². The SMILES string of the molecule is CC1OC(Oc2ccc(-c3oc4cc(O)cc(O)c4c(=O)c3OC3OC(C)C(O)C(O)C3OC3OCC(O)C(O)C3O)cc2O)C(O)C(O)C1O. The Bertz CT molecular complexity index is 1780. The molecule has 3 saturated heterocycles. The van der Waals surface area contributed by atoms with Gasteiger partial charge in [-0.3, -0.25) is 4.79 Å². The molecule has 4 heterocycles. The van der Waals surface area contributed by atoms with E-state index in [0.717, 1.165) is 18.2 Å². The lowest BCUT2D eigenvalue weighted by Gasteiger charge is -2.44. The Hall–Kier alpha value is -3.83. The summed E-state index contributed by atoms with van der Waals surface area (Å²) in [6, 6.07) is 5.40. The van der Waals surface area contributed by atoms with Crippen LogP contribution in [0, 0.1) is 0 Å². The summed E-state index contributed by atoms with van der Waals surface area (Å²) in [6.07, 6.45) is -21.9. The van der Waals surface area contributed by atoms with Gasteiger partial charge >= 0.3 is 0 Å². The standard InChI is InChI=1S/C32H38O19/c1-9-19(37)23(41)26(44)31(46-9)49-16-4-3-11(5-13(16)34)27-28(22(40)18-14(35)6-12(33)7-17(18)48-27)50-32-29(24(42)20(38)10(2)47-32)51-30-25(43)21(39)15(36)8-45-30/h3-7,9-10,15,19-21,23-26,29-39,41-44H,8H2,1-2H3. The second kappa shape index (κ2) is 14.3. The highest BCUT2D eigenvalue weighted by molar-refractivity contribution is 5.88. The first-order valence-electron chi connectivity index (χ1n) is 15.8. The second-order valence-electron chi connectivity index (χ2n) is 12.6. The van der Waals surface area contributed by atoms with E-state index < -0.39 is 132 Å². The molecular weight excluding hydrogens is 688 g/mol. The Balaban J connectivity index is 1.39. The summed E-state index contributed by atoms with van der Waals surface area (Å²) >= 11 is 0. The van der Waals surface area contributed by atoms with Crippen LogP contribution < -0.4 is 14.9 Å². The molecule has 51 heavy (non-hydrogen) atoms. The van der Waals surface area contributed by atoms with E-state index in [4.69, 9.17) is 32.8 Å². The third-order valence-electron chi connectivity index (χ3n) is 8.95. The molecule has 3 aliphatic heterocycles. The summed E-state index contributed by atoms with van der Waals surface area (Å²) in [7, 11) is 0. The van der Waals surface area contributed by atoms with Crippen LogP contribution in [-0.4, -0.2) is 149 Å². The summed E-state index contributed by atoms with van der Waals surface area (Å²) in [5.41, 5.74) is -1.44. The average molecular weight is 727 g/mol. The smallest absolute Gasteiger partial charge is 0.239 e. The van der Waals surface area contributed by atoms with E-state index in [0.29, 0.717) is 0 Å². The number of aliphatic hydroxyl groups excluding tert-OH is 8. The monoisotopic (exact) mass is 726 g/mol. The number of hydrogen-bond donors (Lipinski definition) is 11. The first kappa shape index (κ1) is 36.9. The molecule has 1 aromatic heterocycles. The number of fused-ring (bicyclic) bond motifs is 1. The van der Waals surface area contributed by atoms with Gasteiger partial charge in [0.1, 0.15) is 71.3 Å². The Morgan fingerprint density at radius 1 is 0.686 bits per heavy atom. The van der Waals surface area contributed by atoms with E-state index in [9.17, 15) is 61.0 Å². The molecule has 11 N–H and O–H groups in total. The highest BCUT2D eigenvalue weighted by atomic mass is 16.8. The van der Waals surface area contributed by atoms with Gasteiger partial charge in [-0.15, -0.1) is 0 Å². The van der Waals surface area contributed by atoms with E-state index >= 15 is 0 Å². The van der Waals surface area contributed by atoms with E-state index in [2.05, 4.69) is 0 Å². The number of phenolic OH excluding ortho intramolecular Hbond substituents is 3. The van der Waals surface area contributed by atoms with Crippen LogP contribution in [0.15, 0.2) is 39.5 Å². The van der Waals surface area contributed by atoms with E-state index in [1.165, 1.54) is 26.0 Å². The molecule has 14 atom stereocenters. The number of phenols is 3. The molecule has 2 aromatic carbocycles. The lowest BCUT2D eigenvalue weighted by Crippen LogP contribution is -2.62. The van der Waals surface area contributed by atoms with Crippen molar-refractivity contribution < 1.29 is 89.0 Å². The summed E-state index contributed by atoms with van der Waals surface area (Å²) in [6.45, 7) is 2.33. The maximum atomic E-state index is 14.0. The van der Waals surface area contributed by atoms with Crippen LogP contribution >= 0.6 is 0 Å². The highest BCUT2D eigenvalue weighted by Gasteiger charge is 2.49. The molecule has 0 radical (unpaired) electrons. The minimum Gasteiger partial charge on any atom is -0.508 e. The zero-order chi connectivity index (χ0) is 37.0. The highest BCUT2D eigenvalue weighted by Crippen LogP contribution is 2.41. The lowest BCUT2D eigenvalue weighted by atomic mass is 9.99. The van der Waals surface area contributed by atoms with Crippen molar-refractivity contribution in [2.24, 2.45) is 0 Å². The predicted molar refractivity (Wildman–Crippen MR) is 166 cm³/mol. The van der Waals surface area contributed by atoms with Crippen LogP contribution in [0.1, 0.15) is 13.8 Å². The van der Waals surface area contributed by atoms with Gasteiger partial charge in [-0.25, -0.2) is 0 Å². The lowest BCUT2D eigenvalue weighted by molar-refractivity contribution is -0.341. The van der Waals surface area contributed by atoms with Crippen molar-refractivity contribution in [2.75, 3.05) is 6.61 Å². The van der Waals surface area contributed by atoms with E-state index in [1.54, 1.807) is 0 Å². The fourth-order valence-electron chi connectivity index (χ4n) is 5.97. The van der Waals surface area contributed by atoms with Gasteiger partial charge in [0.05, 0.1) is 18.8 Å². The van der Waals surface area contributed by atoms with Gasteiger partial charge in [0.15, 0.2) is 29.7 Å². The number of hydrogen-bond acceptors (Lipinski definition) is 19. The Labute approximate surface area is 287 Å². The molecule has 0 bridgehead atoms. The minimum atomic E-state index is -1.83. The van der Waals surface area contributed by atoms with Crippen LogP contribution in [0.3, 0.4) is 0 Å². The van der Waals surface area contributed by atoms with E-state index in [-0.39, 0.29) is 16.9 Å². The van der Waals surface area contributed by atoms with Gasteiger partial charge in [-0.1, -0.05) is 0 Å². The molecule has 3 aromatic rings. The quantitative estimate of drug-likeness (QED) is 0.119. The van der Waals surface area contributed by atoms with Crippen LogP contribution in [0.25, 0.3) is 22.3 Å². The second-order valence-corrected chi connectivity index (χ2v) is 12.6. The predicted octanol–water partition coefficient (Wildman–Crippen LogP) is -2.55. The minimum absolute atomic E-state index is 0.0734. The maximum Gasteiger partial charge on any atom is 0.239 e. The van der Waals surface area contributed by atoms with Crippen molar-refractivity contribution in [3.05, 3.63) is 40.6 Å².